The van der Waals surface area contributed by atoms with Gasteiger partial charge in [0.2, 0.25) is 5.91 Å². The molecule has 0 spiro atoms. The highest BCUT2D eigenvalue weighted by Crippen LogP contribution is 2.16. The molecule has 0 aliphatic heterocycles. The van der Waals surface area contributed by atoms with Crippen LogP contribution in [0.15, 0.2) is 34.9 Å². The molecule has 1 N–H and O–H groups in total. The van der Waals surface area contributed by atoms with Crippen LogP contribution in [-0.4, -0.2) is 16.8 Å². The molecule has 0 aliphatic rings. The van der Waals surface area contributed by atoms with Crippen LogP contribution >= 0.6 is 11.8 Å². The zero-order valence-electron chi connectivity index (χ0n) is 14.8. The smallest absolute Gasteiger partial charge is 0.230 e. The SMILES string of the molecule is Cc1cc(CSCC(=O)NC(C)c2ccc(CC(C)C)cc2)no1. The van der Waals surface area contributed by atoms with Crippen LogP contribution in [0.3, 0.4) is 0 Å². The first-order valence-electron chi connectivity index (χ1n) is 8.32. The first-order valence-corrected chi connectivity index (χ1v) is 9.47. The van der Waals surface area contributed by atoms with Crippen molar-refractivity contribution in [2.75, 3.05) is 5.75 Å². The summed E-state index contributed by atoms with van der Waals surface area (Å²) in [6.45, 7) is 8.31. The molecule has 0 bridgehead atoms. The van der Waals surface area contributed by atoms with Crippen LogP contribution in [-0.2, 0) is 17.0 Å². The Balaban J connectivity index is 1.76. The molecule has 0 fully saturated rings. The number of rotatable bonds is 8. The minimum absolute atomic E-state index is 0.0143. The summed E-state index contributed by atoms with van der Waals surface area (Å²) in [6.07, 6.45) is 1.08. The van der Waals surface area contributed by atoms with E-state index in [-0.39, 0.29) is 11.9 Å². The average Bonchev–Trinajstić information content (AvgIpc) is 2.92. The zero-order chi connectivity index (χ0) is 17.5. The summed E-state index contributed by atoms with van der Waals surface area (Å²) < 4.78 is 5.01. The van der Waals surface area contributed by atoms with Crippen LogP contribution in [0.5, 0.6) is 0 Å². The summed E-state index contributed by atoms with van der Waals surface area (Å²) in [5.41, 5.74) is 3.35. The van der Waals surface area contributed by atoms with Gasteiger partial charge in [-0.25, -0.2) is 0 Å². The molecule has 0 saturated carbocycles. The van der Waals surface area contributed by atoms with E-state index in [1.165, 1.54) is 17.3 Å². The van der Waals surface area contributed by atoms with Gasteiger partial charge in [-0.1, -0.05) is 43.3 Å². The van der Waals surface area contributed by atoms with Crippen molar-refractivity contribution in [3.63, 3.8) is 0 Å². The molecule has 1 heterocycles. The van der Waals surface area contributed by atoms with E-state index >= 15 is 0 Å². The highest BCUT2D eigenvalue weighted by Gasteiger charge is 2.10. The second-order valence-corrected chi connectivity index (χ2v) is 7.54. The fourth-order valence-corrected chi connectivity index (χ4v) is 3.23. The lowest BCUT2D eigenvalue weighted by atomic mass is 10.00. The third-order valence-electron chi connectivity index (χ3n) is 3.66. The van der Waals surface area contributed by atoms with Gasteiger partial charge in [-0.3, -0.25) is 4.79 Å². The summed E-state index contributed by atoms with van der Waals surface area (Å²) in [5.74, 6) is 2.59. The van der Waals surface area contributed by atoms with Gasteiger partial charge in [0.05, 0.1) is 17.5 Å². The van der Waals surface area contributed by atoms with Crippen LogP contribution in [0.25, 0.3) is 0 Å². The van der Waals surface area contributed by atoms with Crippen LogP contribution < -0.4 is 5.32 Å². The molecule has 5 heteroatoms. The number of benzene rings is 1. The molecular weight excluding hydrogens is 320 g/mol. The predicted molar refractivity (Wildman–Crippen MR) is 98.9 cm³/mol. The number of amides is 1. The first kappa shape index (κ1) is 18.6. The van der Waals surface area contributed by atoms with Crippen molar-refractivity contribution in [1.29, 1.82) is 0 Å². The van der Waals surface area contributed by atoms with Crippen LogP contribution in [0, 0.1) is 12.8 Å². The van der Waals surface area contributed by atoms with Gasteiger partial charge in [-0.15, -0.1) is 11.8 Å². The fourth-order valence-electron chi connectivity index (χ4n) is 2.51. The monoisotopic (exact) mass is 346 g/mol. The molecule has 1 amide bonds. The second kappa shape index (κ2) is 8.92. The minimum Gasteiger partial charge on any atom is -0.361 e. The zero-order valence-corrected chi connectivity index (χ0v) is 15.7. The molecule has 130 valence electrons. The number of hydrogen-bond donors (Lipinski definition) is 1. The molecule has 0 radical (unpaired) electrons. The summed E-state index contributed by atoms with van der Waals surface area (Å²) in [6, 6.07) is 10.4. The number of carbonyl (C=O) groups is 1. The van der Waals surface area contributed by atoms with Crippen molar-refractivity contribution < 1.29 is 9.32 Å². The Morgan fingerprint density at radius 2 is 1.96 bits per heavy atom. The van der Waals surface area contributed by atoms with Gasteiger partial charge in [-0.2, -0.15) is 0 Å². The van der Waals surface area contributed by atoms with E-state index in [2.05, 4.69) is 48.6 Å². The normalized spacial score (nSPS) is 12.4. The number of aromatic nitrogens is 1. The standard InChI is InChI=1S/C19H26N2O2S/c1-13(2)9-16-5-7-17(8-6-16)15(4)20-19(22)12-24-11-18-10-14(3)23-21-18/h5-8,10,13,15H,9,11-12H2,1-4H3,(H,20,22). The Bertz CT molecular complexity index is 650. The molecule has 0 saturated heterocycles. The van der Waals surface area contributed by atoms with Gasteiger partial charge in [0.1, 0.15) is 5.76 Å². The molecule has 1 aromatic carbocycles. The summed E-state index contributed by atoms with van der Waals surface area (Å²) in [4.78, 5) is 12.1. The lowest BCUT2D eigenvalue weighted by Crippen LogP contribution is -2.28. The number of carbonyl (C=O) groups excluding carboxylic acids is 1. The van der Waals surface area contributed by atoms with Crippen molar-refractivity contribution in [3.05, 3.63) is 52.9 Å². The quantitative estimate of drug-likeness (QED) is 0.774. The first-order chi connectivity index (χ1) is 11.4. The molecule has 1 aromatic heterocycles. The Morgan fingerprint density at radius 3 is 2.54 bits per heavy atom. The maximum atomic E-state index is 12.1. The number of aryl methyl sites for hydroxylation is 1. The molecule has 24 heavy (non-hydrogen) atoms. The molecule has 2 aromatic rings. The summed E-state index contributed by atoms with van der Waals surface area (Å²) in [7, 11) is 0. The molecule has 2 rings (SSSR count). The molecular formula is C19H26N2O2S. The maximum Gasteiger partial charge on any atom is 0.230 e. The highest BCUT2D eigenvalue weighted by molar-refractivity contribution is 7.99. The van der Waals surface area contributed by atoms with Gasteiger partial charge in [0.15, 0.2) is 0 Å². The number of thioether (sulfide) groups is 1. The van der Waals surface area contributed by atoms with Crippen molar-refractivity contribution >= 4 is 17.7 Å². The fraction of sp³-hybridized carbons (Fsp3) is 0.474. The van der Waals surface area contributed by atoms with E-state index in [0.29, 0.717) is 17.4 Å². The van der Waals surface area contributed by atoms with E-state index in [0.717, 1.165) is 23.4 Å². The third-order valence-corrected chi connectivity index (χ3v) is 4.63. The van der Waals surface area contributed by atoms with Gasteiger partial charge in [-0.05, 0) is 37.3 Å². The van der Waals surface area contributed by atoms with Crippen molar-refractivity contribution in [2.24, 2.45) is 5.92 Å². The predicted octanol–water partition coefficient (Wildman–Crippen LogP) is 4.29. The van der Waals surface area contributed by atoms with Gasteiger partial charge < -0.3 is 9.84 Å². The average molecular weight is 346 g/mol. The van der Waals surface area contributed by atoms with Gasteiger partial charge >= 0.3 is 0 Å². The number of nitrogens with zero attached hydrogens (tertiary/aromatic N) is 1. The number of nitrogens with one attached hydrogen (secondary N) is 1. The van der Waals surface area contributed by atoms with E-state index in [1.807, 2.05) is 19.9 Å². The van der Waals surface area contributed by atoms with Gasteiger partial charge in [0.25, 0.3) is 0 Å². The largest absolute Gasteiger partial charge is 0.361 e. The topological polar surface area (TPSA) is 55.1 Å². The van der Waals surface area contributed by atoms with E-state index in [4.69, 9.17) is 4.52 Å². The van der Waals surface area contributed by atoms with Crippen molar-refractivity contribution in [2.45, 2.75) is 45.9 Å². The summed E-state index contributed by atoms with van der Waals surface area (Å²) >= 11 is 1.54. The number of hydrogen-bond acceptors (Lipinski definition) is 4. The van der Waals surface area contributed by atoms with Crippen LogP contribution in [0.2, 0.25) is 0 Å². The van der Waals surface area contributed by atoms with Crippen LogP contribution in [0.1, 0.15) is 49.4 Å². The Kier molecular flexibility index (Phi) is 6.91. The Labute approximate surface area is 148 Å². The molecule has 1 unspecified atom stereocenters. The molecule has 4 nitrogen and oxygen atoms in total. The lowest BCUT2D eigenvalue weighted by Gasteiger charge is -2.15. The molecule has 1 atom stereocenters. The van der Waals surface area contributed by atoms with E-state index in [1.54, 1.807) is 0 Å². The maximum absolute atomic E-state index is 12.1. The summed E-state index contributed by atoms with van der Waals surface area (Å²) in [5, 5.41) is 6.97. The molecule has 0 aliphatic carbocycles. The van der Waals surface area contributed by atoms with Gasteiger partial charge in [0, 0.05) is 11.8 Å². The van der Waals surface area contributed by atoms with Crippen LogP contribution in [0.4, 0.5) is 0 Å². The Hall–Kier alpha value is -1.75. The highest BCUT2D eigenvalue weighted by atomic mass is 32.2. The van der Waals surface area contributed by atoms with Crippen molar-refractivity contribution in [3.8, 4) is 0 Å². The minimum atomic E-state index is 0.0143. The van der Waals surface area contributed by atoms with E-state index < -0.39 is 0 Å². The Morgan fingerprint density at radius 1 is 1.25 bits per heavy atom. The third kappa shape index (κ3) is 6.04. The lowest BCUT2D eigenvalue weighted by molar-refractivity contribution is -0.119. The van der Waals surface area contributed by atoms with Crippen molar-refractivity contribution in [1.82, 2.24) is 10.5 Å². The van der Waals surface area contributed by atoms with E-state index in [9.17, 15) is 4.79 Å². The second-order valence-electron chi connectivity index (χ2n) is 6.55.